The molecule has 0 aliphatic carbocycles. The van der Waals surface area contributed by atoms with Crippen LogP contribution in [0.1, 0.15) is 24.3 Å². The normalized spacial score (nSPS) is 12.6. The van der Waals surface area contributed by atoms with E-state index >= 15 is 0 Å². The minimum absolute atomic E-state index is 0.639. The fourth-order valence-electron chi connectivity index (χ4n) is 1.78. The number of nitrogens with zero attached hydrogens (tertiary/aromatic N) is 2. The second kappa shape index (κ2) is 4.89. The van der Waals surface area contributed by atoms with Crippen molar-refractivity contribution in [3.8, 4) is 0 Å². The molecule has 1 aromatic carbocycles. The molecule has 0 spiro atoms. The van der Waals surface area contributed by atoms with Crippen molar-refractivity contribution >= 4 is 21.6 Å². The largest absolute Gasteiger partial charge is 0.399 e. The number of halogens is 1. The first-order valence-electron chi connectivity index (χ1n) is 5.38. The second-order valence-electron chi connectivity index (χ2n) is 3.77. The van der Waals surface area contributed by atoms with Crippen LogP contribution in [0.2, 0.25) is 0 Å². The number of aliphatic hydroxyl groups excluding tert-OH is 1. The standard InChI is InChI=1S/C12H14BrN3O/c1-2-16-11(10(13)7-15-16)12(17)8-4-3-5-9(14)6-8/h3-7,12,17H,2,14H2,1H3. The van der Waals surface area contributed by atoms with Gasteiger partial charge in [0.1, 0.15) is 6.10 Å². The predicted molar refractivity (Wildman–Crippen MR) is 70.5 cm³/mol. The van der Waals surface area contributed by atoms with Crippen molar-refractivity contribution < 1.29 is 5.11 Å². The number of hydrogen-bond acceptors (Lipinski definition) is 3. The van der Waals surface area contributed by atoms with Crippen LogP contribution in [-0.2, 0) is 6.54 Å². The summed E-state index contributed by atoms with van der Waals surface area (Å²) in [7, 11) is 0. The van der Waals surface area contributed by atoms with Crippen molar-refractivity contribution in [1.29, 1.82) is 0 Å². The lowest BCUT2D eigenvalue weighted by Crippen LogP contribution is -2.09. The highest BCUT2D eigenvalue weighted by Gasteiger charge is 2.18. The van der Waals surface area contributed by atoms with Gasteiger partial charge < -0.3 is 10.8 Å². The van der Waals surface area contributed by atoms with E-state index in [0.717, 1.165) is 15.7 Å². The number of aromatic nitrogens is 2. The molecule has 90 valence electrons. The molecular weight excluding hydrogens is 282 g/mol. The Labute approximate surface area is 108 Å². The first kappa shape index (κ1) is 12.1. The maximum absolute atomic E-state index is 10.4. The van der Waals surface area contributed by atoms with Crippen LogP contribution in [0.25, 0.3) is 0 Å². The van der Waals surface area contributed by atoms with Crippen LogP contribution in [0.3, 0.4) is 0 Å². The molecule has 2 rings (SSSR count). The lowest BCUT2D eigenvalue weighted by Gasteiger charge is -2.14. The molecule has 1 atom stereocenters. The molecule has 0 aliphatic rings. The lowest BCUT2D eigenvalue weighted by atomic mass is 10.1. The van der Waals surface area contributed by atoms with E-state index in [1.165, 1.54) is 0 Å². The Bertz CT molecular complexity index is 524. The Morgan fingerprint density at radius 3 is 2.94 bits per heavy atom. The van der Waals surface area contributed by atoms with Crippen molar-refractivity contribution in [2.24, 2.45) is 0 Å². The first-order valence-corrected chi connectivity index (χ1v) is 6.17. The third-order valence-electron chi connectivity index (χ3n) is 2.62. The van der Waals surface area contributed by atoms with Gasteiger partial charge in [0.05, 0.1) is 16.4 Å². The molecule has 1 heterocycles. The highest BCUT2D eigenvalue weighted by molar-refractivity contribution is 9.10. The molecule has 0 radical (unpaired) electrons. The molecule has 0 fully saturated rings. The van der Waals surface area contributed by atoms with E-state index in [9.17, 15) is 5.11 Å². The van der Waals surface area contributed by atoms with E-state index in [1.54, 1.807) is 23.0 Å². The molecule has 5 heteroatoms. The van der Waals surface area contributed by atoms with Gasteiger partial charge in [0.25, 0.3) is 0 Å². The average Bonchev–Trinajstić information content (AvgIpc) is 2.69. The minimum Gasteiger partial charge on any atom is -0.399 e. The van der Waals surface area contributed by atoms with Gasteiger partial charge in [-0.05, 0) is 40.5 Å². The summed E-state index contributed by atoms with van der Waals surface area (Å²) >= 11 is 3.40. The van der Waals surface area contributed by atoms with Gasteiger partial charge in [-0.2, -0.15) is 5.10 Å². The summed E-state index contributed by atoms with van der Waals surface area (Å²) in [6, 6.07) is 7.24. The summed E-state index contributed by atoms with van der Waals surface area (Å²) in [4.78, 5) is 0. The summed E-state index contributed by atoms with van der Waals surface area (Å²) in [5.74, 6) is 0. The fraction of sp³-hybridized carbons (Fsp3) is 0.250. The van der Waals surface area contributed by atoms with Crippen LogP contribution in [0.15, 0.2) is 34.9 Å². The van der Waals surface area contributed by atoms with Gasteiger partial charge in [-0.1, -0.05) is 12.1 Å². The van der Waals surface area contributed by atoms with Crippen molar-refractivity contribution in [3.63, 3.8) is 0 Å². The zero-order valence-electron chi connectivity index (χ0n) is 9.47. The van der Waals surface area contributed by atoms with Gasteiger partial charge in [0.15, 0.2) is 0 Å². The highest BCUT2D eigenvalue weighted by Crippen LogP contribution is 2.29. The lowest BCUT2D eigenvalue weighted by molar-refractivity contribution is 0.207. The van der Waals surface area contributed by atoms with Gasteiger partial charge in [-0.25, -0.2) is 0 Å². The molecule has 17 heavy (non-hydrogen) atoms. The fourth-order valence-corrected chi connectivity index (χ4v) is 2.30. The zero-order chi connectivity index (χ0) is 12.4. The summed E-state index contributed by atoms with van der Waals surface area (Å²) in [6.45, 7) is 2.69. The van der Waals surface area contributed by atoms with E-state index in [0.29, 0.717) is 12.2 Å². The number of anilines is 1. The van der Waals surface area contributed by atoms with E-state index in [1.807, 2.05) is 19.1 Å². The van der Waals surface area contributed by atoms with E-state index in [4.69, 9.17) is 5.73 Å². The van der Waals surface area contributed by atoms with E-state index < -0.39 is 6.10 Å². The van der Waals surface area contributed by atoms with Crippen molar-refractivity contribution in [1.82, 2.24) is 9.78 Å². The summed E-state index contributed by atoms with van der Waals surface area (Å²) < 4.78 is 2.56. The van der Waals surface area contributed by atoms with Crippen LogP contribution >= 0.6 is 15.9 Å². The van der Waals surface area contributed by atoms with Gasteiger partial charge in [0.2, 0.25) is 0 Å². The predicted octanol–water partition coefficient (Wildman–Crippen LogP) is 2.33. The second-order valence-corrected chi connectivity index (χ2v) is 4.62. The van der Waals surface area contributed by atoms with E-state index in [-0.39, 0.29) is 0 Å². The number of benzene rings is 1. The Balaban J connectivity index is 2.43. The molecule has 1 aromatic heterocycles. The Hall–Kier alpha value is -1.33. The Morgan fingerprint density at radius 2 is 2.29 bits per heavy atom. The molecule has 1 unspecified atom stereocenters. The Kier molecular flexibility index (Phi) is 3.49. The maximum atomic E-state index is 10.4. The number of hydrogen-bond donors (Lipinski definition) is 2. The van der Waals surface area contributed by atoms with Crippen LogP contribution in [-0.4, -0.2) is 14.9 Å². The number of aryl methyl sites for hydroxylation is 1. The van der Waals surface area contributed by atoms with Gasteiger partial charge in [-0.3, -0.25) is 4.68 Å². The number of rotatable bonds is 3. The molecule has 4 nitrogen and oxygen atoms in total. The summed E-state index contributed by atoms with van der Waals surface area (Å²) in [5.41, 5.74) is 7.87. The quantitative estimate of drug-likeness (QED) is 0.854. The Morgan fingerprint density at radius 1 is 1.53 bits per heavy atom. The van der Waals surface area contributed by atoms with Crippen LogP contribution in [0.5, 0.6) is 0 Å². The number of nitrogen functional groups attached to an aromatic ring is 1. The third kappa shape index (κ3) is 2.35. The smallest absolute Gasteiger partial charge is 0.122 e. The monoisotopic (exact) mass is 295 g/mol. The number of nitrogens with two attached hydrogens (primary N) is 1. The molecule has 0 bridgehead atoms. The van der Waals surface area contributed by atoms with Crippen molar-refractivity contribution in [3.05, 3.63) is 46.2 Å². The topological polar surface area (TPSA) is 64.1 Å². The third-order valence-corrected chi connectivity index (χ3v) is 3.23. The van der Waals surface area contributed by atoms with Gasteiger partial charge in [0, 0.05) is 12.2 Å². The summed E-state index contributed by atoms with van der Waals surface area (Å²) in [5, 5.41) is 14.5. The first-order chi connectivity index (χ1) is 8.13. The minimum atomic E-state index is -0.727. The molecule has 2 aromatic rings. The van der Waals surface area contributed by atoms with Crippen LogP contribution < -0.4 is 5.73 Å². The van der Waals surface area contributed by atoms with E-state index in [2.05, 4.69) is 21.0 Å². The molecule has 0 saturated heterocycles. The molecular formula is C12H14BrN3O. The van der Waals surface area contributed by atoms with Crippen molar-refractivity contribution in [2.75, 3.05) is 5.73 Å². The number of aliphatic hydroxyl groups is 1. The van der Waals surface area contributed by atoms with Gasteiger partial charge in [-0.15, -0.1) is 0 Å². The van der Waals surface area contributed by atoms with Crippen LogP contribution in [0.4, 0.5) is 5.69 Å². The van der Waals surface area contributed by atoms with Gasteiger partial charge >= 0.3 is 0 Å². The zero-order valence-corrected chi connectivity index (χ0v) is 11.1. The maximum Gasteiger partial charge on any atom is 0.122 e. The molecule has 0 aliphatic heterocycles. The molecule has 0 amide bonds. The molecule has 3 N–H and O–H groups in total. The SMILES string of the molecule is CCn1ncc(Br)c1C(O)c1cccc(N)c1. The average molecular weight is 296 g/mol. The molecule has 0 saturated carbocycles. The summed E-state index contributed by atoms with van der Waals surface area (Å²) in [6.07, 6.45) is 0.962. The van der Waals surface area contributed by atoms with Crippen LogP contribution in [0, 0.1) is 0 Å². The highest BCUT2D eigenvalue weighted by atomic mass is 79.9. The van der Waals surface area contributed by atoms with Crippen molar-refractivity contribution in [2.45, 2.75) is 19.6 Å².